The van der Waals surface area contributed by atoms with Crippen LogP contribution in [0.4, 0.5) is 0 Å². The van der Waals surface area contributed by atoms with Gasteiger partial charge in [-0.25, -0.2) is 0 Å². The predicted molar refractivity (Wildman–Crippen MR) is 94.8 cm³/mol. The van der Waals surface area contributed by atoms with Crippen LogP contribution in [0.15, 0.2) is 77.4 Å². The quantitative estimate of drug-likeness (QED) is 0.728. The molecule has 0 radical (unpaired) electrons. The van der Waals surface area contributed by atoms with Crippen molar-refractivity contribution in [3.05, 3.63) is 84.3 Å². The fourth-order valence-corrected chi connectivity index (χ4v) is 2.47. The molecule has 3 rings (SSSR count). The van der Waals surface area contributed by atoms with E-state index in [2.05, 4.69) is 10.6 Å². The Kier molecular flexibility index (Phi) is 5.26. The number of furan rings is 1. The van der Waals surface area contributed by atoms with E-state index in [0.717, 1.165) is 11.1 Å². The number of amides is 2. The van der Waals surface area contributed by atoms with Gasteiger partial charge >= 0.3 is 0 Å². The number of benzene rings is 2. The summed E-state index contributed by atoms with van der Waals surface area (Å²) in [5, 5.41) is 5.35. The Morgan fingerprint density at radius 1 is 0.840 bits per heavy atom. The highest BCUT2D eigenvalue weighted by Gasteiger charge is 2.13. The Hall–Kier alpha value is -3.34. The van der Waals surface area contributed by atoms with Gasteiger partial charge < -0.3 is 15.1 Å². The number of rotatable bonds is 6. The van der Waals surface area contributed by atoms with E-state index in [4.69, 9.17) is 4.42 Å². The van der Waals surface area contributed by atoms with Gasteiger partial charge in [0.1, 0.15) is 5.76 Å². The Bertz CT molecular complexity index is 842. The normalized spacial score (nSPS) is 10.2. The van der Waals surface area contributed by atoms with Gasteiger partial charge in [-0.2, -0.15) is 0 Å². The third kappa shape index (κ3) is 4.35. The summed E-state index contributed by atoms with van der Waals surface area (Å²) in [5.74, 6) is 0.101. The molecule has 3 aromatic rings. The third-order valence-corrected chi connectivity index (χ3v) is 3.71. The van der Waals surface area contributed by atoms with Crippen LogP contribution in [0.1, 0.15) is 16.1 Å². The zero-order valence-electron chi connectivity index (χ0n) is 13.6. The number of hydrogen-bond donors (Lipinski definition) is 2. The Balaban J connectivity index is 1.61. The van der Waals surface area contributed by atoms with Crippen LogP contribution in [0.25, 0.3) is 11.1 Å². The molecule has 0 aliphatic heterocycles. The first-order valence-corrected chi connectivity index (χ1v) is 7.96. The molecule has 0 aliphatic rings. The lowest BCUT2D eigenvalue weighted by Gasteiger charge is -2.10. The summed E-state index contributed by atoms with van der Waals surface area (Å²) in [6.07, 6.45) is 1.55. The molecule has 0 spiro atoms. The van der Waals surface area contributed by atoms with Crippen LogP contribution >= 0.6 is 0 Å². The van der Waals surface area contributed by atoms with E-state index < -0.39 is 0 Å². The van der Waals surface area contributed by atoms with E-state index in [1.165, 1.54) is 0 Å². The van der Waals surface area contributed by atoms with Crippen molar-refractivity contribution in [2.24, 2.45) is 0 Å². The van der Waals surface area contributed by atoms with Gasteiger partial charge in [-0.15, -0.1) is 0 Å². The molecule has 1 heterocycles. The average molecular weight is 334 g/mol. The first kappa shape index (κ1) is 16.5. The van der Waals surface area contributed by atoms with Crippen molar-refractivity contribution >= 4 is 11.8 Å². The number of carbonyl (C=O) groups excluding carboxylic acids is 2. The molecule has 25 heavy (non-hydrogen) atoms. The van der Waals surface area contributed by atoms with Crippen molar-refractivity contribution < 1.29 is 14.0 Å². The molecule has 5 nitrogen and oxygen atoms in total. The zero-order valence-corrected chi connectivity index (χ0v) is 13.6. The second-order valence-corrected chi connectivity index (χ2v) is 5.45. The Morgan fingerprint density at radius 3 is 2.36 bits per heavy atom. The second-order valence-electron chi connectivity index (χ2n) is 5.45. The van der Waals surface area contributed by atoms with Crippen molar-refractivity contribution in [2.75, 3.05) is 6.54 Å². The summed E-state index contributed by atoms with van der Waals surface area (Å²) in [6.45, 7) is 0.199. The number of hydrogen-bond acceptors (Lipinski definition) is 3. The van der Waals surface area contributed by atoms with E-state index in [1.807, 2.05) is 42.5 Å². The monoisotopic (exact) mass is 334 g/mol. The standard InChI is InChI=1S/C20H18N2O3/c23-19(21-13-16-9-6-12-25-16)14-22-20(24)18-11-5-4-10-17(18)15-7-2-1-3-8-15/h1-12H,13-14H2,(H,21,23)(H,22,24). The molecule has 2 amide bonds. The molecule has 0 saturated heterocycles. The van der Waals surface area contributed by atoms with E-state index >= 15 is 0 Å². The van der Waals surface area contributed by atoms with Crippen LogP contribution in [-0.2, 0) is 11.3 Å². The maximum atomic E-state index is 12.5. The summed E-state index contributed by atoms with van der Waals surface area (Å²) >= 11 is 0. The average Bonchev–Trinajstić information content (AvgIpc) is 3.19. The molecule has 5 heteroatoms. The van der Waals surface area contributed by atoms with Gasteiger partial charge in [0.05, 0.1) is 19.4 Å². The molecule has 1 aromatic heterocycles. The van der Waals surface area contributed by atoms with E-state index in [1.54, 1.807) is 30.5 Å². The van der Waals surface area contributed by atoms with Crippen molar-refractivity contribution in [2.45, 2.75) is 6.54 Å². The number of carbonyl (C=O) groups is 2. The highest BCUT2D eigenvalue weighted by Crippen LogP contribution is 2.23. The van der Waals surface area contributed by atoms with Gasteiger partial charge in [0.15, 0.2) is 0 Å². The predicted octanol–water partition coefficient (Wildman–Crippen LogP) is 2.99. The van der Waals surface area contributed by atoms with Gasteiger partial charge in [-0.05, 0) is 29.3 Å². The first-order valence-electron chi connectivity index (χ1n) is 7.96. The lowest BCUT2D eigenvalue weighted by atomic mass is 9.99. The van der Waals surface area contributed by atoms with Crippen molar-refractivity contribution in [1.29, 1.82) is 0 Å². The smallest absolute Gasteiger partial charge is 0.252 e. The van der Waals surface area contributed by atoms with Crippen LogP contribution in [0.5, 0.6) is 0 Å². The highest BCUT2D eigenvalue weighted by atomic mass is 16.3. The summed E-state index contributed by atoms with van der Waals surface area (Å²) in [4.78, 5) is 24.3. The van der Waals surface area contributed by atoms with Crippen LogP contribution in [0, 0.1) is 0 Å². The lowest BCUT2D eigenvalue weighted by molar-refractivity contribution is -0.120. The summed E-state index contributed by atoms with van der Waals surface area (Å²) in [6, 6.07) is 20.5. The molecule has 0 aliphatic carbocycles. The largest absolute Gasteiger partial charge is 0.467 e. The molecule has 126 valence electrons. The first-order chi connectivity index (χ1) is 12.2. The Labute approximate surface area is 145 Å². The molecule has 2 N–H and O–H groups in total. The van der Waals surface area contributed by atoms with Crippen LogP contribution in [0.3, 0.4) is 0 Å². The topological polar surface area (TPSA) is 71.3 Å². The van der Waals surface area contributed by atoms with E-state index in [0.29, 0.717) is 17.9 Å². The van der Waals surface area contributed by atoms with Gasteiger partial charge in [0, 0.05) is 5.56 Å². The molecule has 2 aromatic carbocycles. The fraction of sp³-hybridized carbons (Fsp3) is 0.100. The minimum Gasteiger partial charge on any atom is -0.467 e. The summed E-state index contributed by atoms with van der Waals surface area (Å²) in [5.41, 5.74) is 2.32. The van der Waals surface area contributed by atoms with E-state index in [-0.39, 0.29) is 18.4 Å². The lowest BCUT2D eigenvalue weighted by Crippen LogP contribution is -2.36. The zero-order chi connectivity index (χ0) is 17.5. The minimum atomic E-state index is -0.285. The van der Waals surface area contributed by atoms with Crippen LogP contribution in [-0.4, -0.2) is 18.4 Å². The maximum Gasteiger partial charge on any atom is 0.252 e. The Morgan fingerprint density at radius 2 is 1.60 bits per heavy atom. The molecular weight excluding hydrogens is 316 g/mol. The molecule has 0 bridgehead atoms. The minimum absolute atomic E-state index is 0.0946. The van der Waals surface area contributed by atoms with Crippen LogP contribution < -0.4 is 10.6 Å². The SMILES string of the molecule is O=C(CNC(=O)c1ccccc1-c1ccccc1)NCc1ccco1. The maximum absolute atomic E-state index is 12.5. The summed E-state index contributed by atoms with van der Waals surface area (Å²) < 4.78 is 5.14. The van der Waals surface area contributed by atoms with Gasteiger partial charge in [-0.1, -0.05) is 48.5 Å². The third-order valence-electron chi connectivity index (χ3n) is 3.71. The van der Waals surface area contributed by atoms with Gasteiger partial charge in [0.25, 0.3) is 5.91 Å². The van der Waals surface area contributed by atoms with Crippen LogP contribution in [0.2, 0.25) is 0 Å². The molecule has 0 unspecified atom stereocenters. The van der Waals surface area contributed by atoms with Crippen molar-refractivity contribution in [3.8, 4) is 11.1 Å². The second kappa shape index (κ2) is 7.97. The van der Waals surface area contributed by atoms with Gasteiger partial charge in [0.2, 0.25) is 5.91 Å². The van der Waals surface area contributed by atoms with Crippen molar-refractivity contribution in [1.82, 2.24) is 10.6 Å². The number of nitrogens with one attached hydrogen (secondary N) is 2. The molecule has 0 atom stereocenters. The molecule has 0 saturated carbocycles. The van der Waals surface area contributed by atoms with E-state index in [9.17, 15) is 9.59 Å². The van der Waals surface area contributed by atoms with Gasteiger partial charge in [-0.3, -0.25) is 9.59 Å². The van der Waals surface area contributed by atoms with Crippen molar-refractivity contribution in [3.63, 3.8) is 0 Å². The fourth-order valence-electron chi connectivity index (χ4n) is 2.47. The molecule has 0 fully saturated rings. The molecular formula is C20H18N2O3. The highest BCUT2D eigenvalue weighted by molar-refractivity contribution is 6.02. The summed E-state index contributed by atoms with van der Waals surface area (Å²) in [7, 11) is 0.